The minimum Gasteiger partial charge on any atom is -0.316 e. The van der Waals surface area contributed by atoms with Gasteiger partial charge in [-0.25, -0.2) is 0 Å². The van der Waals surface area contributed by atoms with E-state index >= 15 is 0 Å². The highest BCUT2D eigenvalue weighted by molar-refractivity contribution is 6.32. The van der Waals surface area contributed by atoms with Crippen LogP contribution in [-0.2, 0) is 0 Å². The maximum absolute atomic E-state index is 6.25. The second kappa shape index (κ2) is 3.69. The normalized spacial score (nSPS) is 22.2. The van der Waals surface area contributed by atoms with Gasteiger partial charge in [0.2, 0.25) is 0 Å². The Hall–Kier alpha value is -0.530. The van der Waals surface area contributed by atoms with Crippen LogP contribution in [-0.4, -0.2) is 13.1 Å². The van der Waals surface area contributed by atoms with Crippen LogP contribution >= 0.6 is 11.6 Å². The molecule has 0 radical (unpaired) electrons. The highest BCUT2D eigenvalue weighted by atomic mass is 35.5. The largest absolute Gasteiger partial charge is 0.316 e. The summed E-state index contributed by atoms with van der Waals surface area (Å²) in [7, 11) is 0. The summed E-state index contributed by atoms with van der Waals surface area (Å²) in [5, 5.41) is 4.31. The van der Waals surface area contributed by atoms with E-state index in [1.54, 1.807) is 0 Å². The zero-order valence-electron chi connectivity index (χ0n) is 7.81. The first-order valence-corrected chi connectivity index (χ1v) is 5.12. The smallest absolute Gasteiger partial charge is 0.0470 e. The minimum atomic E-state index is 0.618. The van der Waals surface area contributed by atoms with Gasteiger partial charge in [-0.1, -0.05) is 29.8 Å². The Morgan fingerprint density at radius 3 is 3.00 bits per heavy atom. The highest BCUT2D eigenvalue weighted by Gasteiger charge is 2.19. The Labute approximate surface area is 84.1 Å². The van der Waals surface area contributed by atoms with E-state index in [-0.39, 0.29) is 0 Å². The van der Waals surface area contributed by atoms with Crippen molar-refractivity contribution >= 4 is 11.6 Å². The molecular weight excluding hydrogens is 182 g/mol. The number of aryl methyl sites for hydroxylation is 1. The van der Waals surface area contributed by atoms with Crippen LogP contribution in [0.25, 0.3) is 0 Å². The highest BCUT2D eigenvalue weighted by Crippen LogP contribution is 2.30. The van der Waals surface area contributed by atoms with Gasteiger partial charge in [0, 0.05) is 11.6 Å². The predicted octanol–water partition coefficient (Wildman–Crippen LogP) is 2.73. The first kappa shape index (κ1) is 9.04. The molecule has 2 heteroatoms. The number of rotatable bonds is 1. The van der Waals surface area contributed by atoms with Gasteiger partial charge < -0.3 is 5.32 Å². The van der Waals surface area contributed by atoms with E-state index in [0.717, 1.165) is 18.1 Å². The lowest BCUT2D eigenvalue weighted by atomic mass is 9.97. The minimum absolute atomic E-state index is 0.618. The fourth-order valence-corrected chi connectivity index (χ4v) is 2.19. The summed E-state index contributed by atoms with van der Waals surface area (Å²) in [5.74, 6) is 0.618. The molecule has 1 aliphatic heterocycles. The van der Waals surface area contributed by atoms with Crippen LogP contribution in [0.4, 0.5) is 0 Å². The van der Waals surface area contributed by atoms with Gasteiger partial charge in [0.05, 0.1) is 0 Å². The van der Waals surface area contributed by atoms with Crippen molar-refractivity contribution < 1.29 is 0 Å². The van der Waals surface area contributed by atoms with Crippen LogP contribution in [0.2, 0.25) is 5.02 Å². The van der Waals surface area contributed by atoms with Crippen LogP contribution in [0, 0.1) is 6.92 Å². The van der Waals surface area contributed by atoms with Crippen molar-refractivity contribution in [2.45, 2.75) is 19.3 Å². The molecule has 1 atom stereocenters. The zero-order valence-corrected chi connectivity index (χ0v) is 8.56. The fraction of sp³-hybridized carbons (Fsp3) is 0.455. The van der Waals surface area contributed by atoms with Gasteiger partial charge in [0.25, 0.3) is 0 Å². The number of nitrogens with one attached hydrogen (secondary N) is 1. The molecule has 0 saturated carbocycles. The number of halogens is 1. The Morgan fingerprint density at radius 2 is 2.31 bits per heavy atom. The summed E-state index contributed by atoms with van der Waals surface area (Å²) in [6, 6.07) is 6.30. The van der Waals surface area contributed by atoms with Crippen molar-refractivity contribution in [1.82, 2.24) is 5.32 Å². The van der Waals surface area contributed by atoms with Crippen molar-refractivity contribution in [3.8, 4) is 0 Å². The maximum Gasteiger partial charge on any atom is 0.0470 e. The van der Waals surface area contributed by atoms with Crippen LogP contribution in [0.15, 0.2) is 18.2 Å². The molecule has 1 N–H and O–H groups in total. The molecule has 0 spiro atoms. The van der Waals surface area contributed by atoms with E-state index in [1.807, 2.05) is 0 Å². The first-order chi connectivity index (χ1) is 6.29. The van der Waals surface area contributed by atoms with Crippen LogP contribution in [0.3, 0.4) is 0 Å². The Morgan fingerprint density at radius 1 is 1.46 bits per heavy atom. The van der Waals surface area contributed by atoms with E-state index in [0.29, 0.717) is 5.92 Å². The van der Waals surface area contributed by atoms with Gasteiger partial charge in [-0.2, -0.15) is 0 Å². The van der Waals surface area contributed by atoms with Gasteiger partial charge >= 0.3 is 0 Å². The molecule has 1 heterocycles. The third kappa shape index (κ3) is 1.72. The molecule has 13 heavy (non-hydrogen) atoms. The lowest BCUT2D eigenvalue weighted by Crippen LogP contribution is -2.08. The third-order valence-corrected chi connectivity index (χ3v) is 3.24. The number of benzene rings is 1. The average Bonchev–Trinajstić information content (AvgIpc) is 2.62. The second-order valence-electron chi connectivity index (χ2n) is 3.67. The molecule has 1 aromatic carbocycles. The second-order valence-corrected chi connectivity index (χ2v) is 4.05. The number of hydrogen-bond donors (Lipinski definition) is 1. The standard InChI is InChI=1S/C11H14ClN/c1-8-3-2-4-10(11(8)12)9-5-6-13-7-9/h2-4,9,13H,5-7H2,1H3/t9-/m1/s1. The van der Waals surface area contributed by atoms with Gasteiger partial charge in [-0.15, -0.1) is 0 Å². The average molecular weight is 196 g/mol. The Kier molecular flexibility index (Phi) is 2.56. The summed E-state index contributed by atoms with van der Waals surface area (Å²) in [5.41, 5.74) is 2.50. The van der Waals surface area contributed by atoms with E-state index in [2.05, 4.69) is 30.4 Å². The molecule has 0 unspecified atom stereocenters. The maximum atomic E-state index is 6.25. The van der Waals surface area contributed by atoms with Gasteiger partial charge in [0.15, 0.2) is 0 Å². The molecule has 0 bridgehead atoms. The van der Waals surface area contributed by atoms with Crippen molar-refractivity contribution in [3.63, 3.8) is 0 Å². The molecule has 0 aliphatic carbocycles. The summed E-state index contributed by atoms with van der Waals surface area (Å²) in [6.45, 7) is 4.26. The zero-order chi connectivity index (χ0) is 9.26. The van der Waals surface area contributed by atoms with E-state index in [1.165, 1.54) is 17.5 Å². The summed E-state index contributed by atoms with van der Waals surface area (Å²) in [6.07, 6.45) is 1.21. The Balaban J connectivity index is 2.33. The molecule has 1 saturated heterocycles. The van der Waals surface area contributed by atoms with Crippen LogP contribution < -0.4 is 5.32 Å². The summed E-state index contributed by atoms with van der Waals surface area (Å²) < 4.78 is 0. The molecule has 70 valence electrons. The quantitative estimate of drug-likeness (QED) is 0.727. The van der Waals surface area contributed by atoms with E-state index in [4.69, 9.17) is 11.6 Å². The van der Waals surface area contributed by atoms with Crippen molar-refractivity contribution in [1.29, 1.82) is 0 Å². The van der Waals surface area contributed by atoms with Crippen molar-refractivity contribution in [2.75, 3.05) is 13.1 Å². The van der Waals surface area contributed by atoms with Crippen molar-refractivity contribution in [2.24, 2.45) is 0 Å². The molecule has 0 amide bonds. The molecule has 0 aromatic heterocycles. The molecular formula is C11H14ClN. The predicted molar refractivity (Wildman–Crippen MR) is 56.4 cm³/mol. The van der Waals surface area contributed by atoms with E-state index in [9.17, 15) is 0 Å². The van der Waals surface area contributed by atoms with Gasteiger partial charge in [0.1, 0.15) is 0 Å². The topological polar surface area (TPSA) is 12.0 Å². The number of hydrogen-bond acceptors (Lipinski definition) is 1. The molecule has 1 aliphatic rings. The summed E-state index contributed by atoms with van der Waals surface area (Å²) in [4.78, 5) is 0. The van der Waals surface area contributed by atoms with Gasteiger partial charge in [-0.3, -0.25) is 0 Å². The lowest BCUT2D eigenvalue weighted by molar-refractivity contribution is 0.763. The lowest BCUT2D eigenvalue weighted by Gasteiger charge is -2.12. The van der Waals surface area contributed by atoms with Gasteiger partial charge in [-0.05, 0) is 36.9 Å². The monoisotopic (exact) mass is 195 g/mol. The SMILES string of the molecule is Cc1cccc([C@@H]2CCNC2)c1Cl. The molecule has 2 rings (SSSR count). The fourth-order valence-electron chi connectivity index (χ4n) is 1.91. The molecule has 1 fully saturated rings. The first-order valence-electron chi connectivity index (χ1n) is 4.75. The molecule has 1 aromatic rings. The Bertz CT molecular complexity index is 303. The molecule has 1 nitrogen and oxygen atoms in total. The van der Waals surface area contributed by atoms with Crippen LogP contribution in [0.1, 0.15) is 23.5 Å². The summed E-state index contributed by atoms with van der Waals surface area (Å²) >= 11 is 6.25. The third-order valence-electron chi connectivity index (χ3n) is 2.72. The van der Waals surface area contributed by atoms with Crippen molar-refractivity contribution in [3.05, 3.63) is 34.3 Å². The van der Waals surface area contributed by atoms with Crippen LogP contribution in [0.5, 0.6) is 0 Å². The van der Waals surface area contributed by atoms with E-state index < -0.39 is 0 Å².